The minimum absolute atomic E-state index is 0.725. The minimum atomic E-state index is 0.725. The molecule has 0 unspecified atom stereocenters. The fraction of sp³-hybridized carbons (Fsp3) is 0.125. The van der Waals surface area contributed by atoms with E-state index in [9.17, 15) is 0 Å². The molecule has 2 aromatic carbocycles. The highest BCUT2D eigenvalue weighted by molar-refractivity contribution is 8.77. The predicted molar refractivity (Wildman–Crippen MR) is 101 cm³/mol. The molecule has 0 amide bonds. The van der Waals surface area contributed by atoms with Crippen molar-refractivity contribution in [1.29, 1.82) is 0 Å². The SMILES string of the molecule is Clc1ccc(/C2=N/N=C(/c3ccc(Cl)cc3)CSSC2)cc1. The van der Waals surface area contributed by atoms with Crippen LogP contribution in [0.2, 0.25) is 10.0 Å². The Morgan fingerprint density at radius 2 is 1.00 bits per heavy atom. The first-order valence-corrected chi connectivity index (χ1v) is 9.86. The average molecular weight is 367 g/mol. The normalized spacial score (nSPS) is 20.3. The Morgan fingerprint density at radius 1 is 0.636 bits per heavy atom. The van der Waals surface area contributed by atoms with Gasteiger partial charge in [-0.15, -0.1) is 0 Å². The van der Waals surface area contributed by atoms with Crippen molar-refractivity contribution in [3.8, 4) is 0 Å². The number of nitrogens with zero attached hydrogens (tertiary/aromatic N) is 2. The third kappa shape index (κ3) is 4.07. The van der Waals surface area contributed by atoms with Crippen LogP contribution in [0.3, 0.4) is 0 Å². The third-order valence-corrected chi connectivity index (χ3v) is 5.78. The smallest absolute Gasteiger partial charge is 0.0810 e. The van der Waals surface area contributed by atoms with E-state index in [1.54, 1.807) is 21.6 Å². The standard InChI is InChI=1S/C16H12Cl2N2S2/c17-13-5-1-11(2-6-13)15-9-21-22-10-16(20-19-15)12-3-7-14(18)8-4-12/h1-8H,9-10H2/b19-15+,20-16+. The Bertz CT molecular complexity index is 646. The van der Waals surface area contributed by atoms with Gasteiger partial charge in [-0.2, -0.15) is 10.2 Å². The topological polar surface area (TPSA) is 24.7 Å². The Morgan fingerprint density at radius 3 is 1.36 bits per heavy atom. The predicted octanol–water partition coefficient (Wildman–Crippen LogP) is 5.58. The molecule has 22 heavy (non-hydrogen) atoms. The summed E-state index contributed by atoms with van der Waals surface area (Å²) in [6, 6.07) is 15.4. The molecule has 0 N–H and O–H groups in total. The lowest BCUT2D eigenvalue weighted by Crippen LogP contribution is -2.09. The molecular formula is C16H12Cl2N2S2. The first-order chi connectivity index (χ1) is 10.7. The summed E-state index contributed by atoms with van der Waals surface area (Å²) in [5.41, 5.74) is 4.03. The molecule has 0 fully saturated rings. The minimum Gasteiger partial charge on any atom is -0.154 e. The first kappa shape index (κ1) is 15.9. The van der Waals surface area contributed by atoms with Gasteiger partial charge in [-0.1, -0.05) is 69.1 Å². The molecule has 0 aliphatic carbocycles. The van der Waals surface area contributed by atoms with Gasteiger partial charge < -0.3 is 0 Å². The van der Waals surface area contributed by atoms with Crippen molar-refractivity contribution in [2.45, 2.75) is 0 Å². The first-order valence-electron chi connectivity index (χ1n) is 6.62. The van der Waals surface area contributed by atoms with Crippen LogP contribution in [0.25, 0.3) is 0 Å². The monoisotopic (exact) mass is 366 g/mol. The Labute approximate surface area is 147 Å². The van der Waals surface area contributed by atoms with E-state index in [0.29, 0.717) is 0 Å². The molecule has 6 heteroatoms. The van der Waals surface area contributed by atoms with Gasteiger partial charge in [0.15, 0.2) is 0 Å². The average Bonchev–Trinajstić information content (AvgIpc) is 2.50. The van der Waals surface area contributed by atoms with Crippen LogP contribution >= 0.6 is 44.8 Å². The zero-order chi connectivity index (χ0) is 15.4. The summed E-state index contributed by atoms with van der Waals surface area (Å²) in [4.78, 5) is 0. The number of halogens is 2. The molecule has 0 saturated heterocycles. The van der Waals surface area contributed by atoms with Gasteiger partial charge in [0.1, 0.15) is 0 Å². The molecule has 112 valence electrons. The fourth-order valence-electron chi connectivity index (χ4n) is 1.94. The number of rotatable bonds is 2. The molecule has 0 saturated carbocycles. The molecule has 0 spiro atoms. The summed E-state index contributed by atoms with van der Waals surface area (Å²) < 4.78 is 0. The van der Waals surface area contributed by atoms with Gasteiger partial charge in [-0.3, -0.25) is 0 Å². The van der Waals surface area contributed by atoms with E-state index in [-0.39, 0.29) is 0 Å². The highest BCUT2D eigenvalue weighted by Crippen LogP contribution is 2.26. The Kier molecular flexibility index (Phi) is 5.47. The maximum absolute atomic E-state index is 5.94. The van der Waals surface area contributed by atoms with Crippen molar-refractivity contribution < 1.29 is 0 Å². The third-order valence-electron chi connectivity index (χ3n) is 3.12. The van der Waals surface area contributed by atoms with E-state index >= 15 is 0 Å². The van der Waals surface area contributed by atoms with E-state index in [1.807, 2.05) is 48.5 Å². The van der Waals surface area contributed by atoms with Crippen molar-refractivity contribution in [3.05, 3.63) is 69.7 Å². The van der Waals surface area contributed by atoms with Crippen LogP contribution in [0.5, 0.6) is 0 Å². The molecule has 0 atom stereocenters. The van der Waals surface area contributed by atoms with Crippen LogP contribution in [-0.4, -0.2) is 22.9 Å². The summed E-state index contributed by atoms with van der Waals surface area (Å²) in [6.07, 6.45) is 0. The Balaban J connectivity index is 1.92. The molecule has 2 aromatic rings. The fourth-order valence-corrected chi connectivity index (χ4v) is 4.20. The van der Waals surface area contributed by atoms with E-state index in [0.717, 1.165) is 44.1 Å². The lowest BCUT2D eigenvalue weighted by Gasteiger charge is -2.11. The van der Waals surface area contributed by atoms with Gasteiger partial charge in [0.2, 0.25) is 0 Å². The van der Waals surface area contributed by atoms with E-state index in [1.165, 1.54) is 0 Å². The van der Waals surface area contributed by atoms with Gasteiger partial charge in [0, 0.05) is 21.6 Å². The molecule has 2 nitrogen and oxygen atoms in total. The van der Waals surface area contributed by atoms with Crippen LogP contribution in [0.4, 0.5) is 0 Å². The van der Waals surface area contributed by atoms with Gasteiger partial charge >= 0.3 is 0 Å². The van der Waals surface area contributed by atoms with E-state index in [4.69, 9.17) is 23.2 Å². The molecule has 1 aliphatic heterocycles. The van der Waals surface area contributed by atoms with Crippen molar-refractivity contribution >= 4 is 56.2 Å². The van der Waals surface area contributed by atoms with Gasteiger partial charge in [0.05, 0.1) is 11.4 Å². The van der Waals surface area contributed by atoms with Crippen molar-refractivity contribution in [1.82, 2.24) is 0 Å². The van der Waals surface area contributed by atoms with E-state index < -0.39 is 0 Å². The summed E-state index contributed by atoms with van der Waals surface area (Å²) in [6.45, 7) is 0. The summed E-state index contributed by atoms with van der Waals surface area (Å²) in [7, 11) is 3.57. The van der Waals surface area contributed by atoms with Crippen LogP contribution in [0.1, 0.15) is 11.1 Å². The maximum Gasteiger partial charge on any atom is 0.0810 e. The summed E-state index contributed by atoms with van der Waals surface area (Å²) >= 11 is 11.9. The molecule has 3 rings (SSSR count). The lowest BCUT2D eigenvalue weighted by molar-refractivity contribution is 1.22. The molecule has 0 radical (unpaired) electrons. The number of benzene rings is 2. The van der Waals surface area contributed by atoms with Gasteiger partial charge in [0.25, 0.3) is 0 Å². The zero-order valence-corrected chi connectivity index (χ0v) is 14.6. The maximum atomic E-state index is 5.94. The molecule has 1 heterocycles. The zero-order valence-electron chi connectivity index (χ0n) is 11.5. The van der Waals surface area contributed by atoms with Crippen LogP contribution in [0, 0.1) is 0 Å². The van der Waals surface area contributed by atoms with Gasteiger partial charge in [-0.05, 0) is 35.4 Å². The second-order valence-electron chi connectivity index (χ2n) is 4.63. The molecule has 0 bridgehead atoms. The second kappa shape index (κ2) is 7.55. The quantitative estimate of drug-likeness (QED) is 0.647. The largest absolute Gasteiger partial charge is 0.154 e. The van der Waals surface area contributed by atoms with Crippen LogP contribution in [-0.2, 0) is 0 Å². The molecule has 0 aromatic heterocycles. The second-order valence-corrected chi connectivity index (χ2v) is 7.97. The number of hydrogen-bond donors (Lipinski definition) is 0. The lowest BCUT2D eigenvalue weighted by atomic mass is 10.1. The number of hydrogen-bond acceptors (Lipinski definition) is 4. The summed E-state index contributed by atoms with van der Waals surface area (Å²) in [5, 5.41) is 10.4. The van der Waals surface area contributed by atoms with Gasteiger partial charge in [-0.25, -0.2) is 0 Å². The van der Waals surface area contributed by atoms with Crippen molar-refractivity contribution in [2.75, 3.05) is 11.5 Å². The molecular weight excluding hydrogens is 355 g/mol. The highest BCUT2D eigenvalue weighted by atomic mass is 35.5. The van der Waals surface area contributed by atoms with Crippen molar-refractivity contribution in [2.24, 2.45) is 10.2 Å². The van der Waals surface area contributed by atoms with E-state index in [2.05, 4.69) is 10.2 Å². The van der Waals surface area contributed by atoms with Crippen molar-refractivity contribution in [3.63, 3.8) is 0 Å². The summed E-state index contributed by atoms with van der Waals surface area (Å²) in [5.74, 6) is 1.65. The highest BCUT2D eigenvalue weighted by Gasteiger charge is 2.11. The van der Waals surface area contributed by atoms with Crippen LogP contribution < -0.4 is 0 Å². The molecule has 1 aliphatic rings. The Hall–Kier alpha value is -0.940. The van der Waals surface area contributed by atoms with Crippen LogP contribution in [0.15, 0.2) is 58.7 Å².